The van der Waals surface area contributed by atoms with E-state index >= 15 is 0 Å². The summed E-state index contributed by atoms with van der Waals surface area (Å²) < 4.78 is 45.0. The Hall–Kier alpha value is -1.32. The standard InChI is InChI=1S/C31H47Cl2N7O10S3/c1-2-39(20-6-4-3-5-7-20)21-8-9-27(28(12-21)36-31(41)18-10-22(51-49-47-42)13-24(11-18)53(44,45)46)37-38-30-19(16-34)17-35-40(30)29-25(32)14-23(15-26(29)33)52-50-48-43/h17-18,20-29,42-43H,2-15H2,1H3,(H,36,41)(H,44,45,46). The Bertz CT molecular complexity index is 1520. The van der Waals surface area contributed by atoms with Gasteiger partial charge in [0.1, 0.15) is 11.6 Å². The van der Waals surface area contributed by atoms with Crippen molar-refractivity contribution in [1.82, 2.24) is 20.0 Å². The topological polar surface area (TPSA) is 230 Å². The van der Waals surface area contributed by atoms with Crippen molar-refractivity contribution in [3.8, 4) is 6.07 Å². The number of carbonyl (C=O) groups excluding carboxylic acids is 1. The molecule has 4 N–H and O–H groups in total. The van der Waals surface area contributed by atoms with Crippen molar-refractivity contribution in [2.75, 3.05) is 6.54 Å². The first kappa shape index (κ1) is 42.8. The van der Waals surface area contributed by atoms with Gasteiger partial charge in [0.25, 0.3) is 10.1 Å². The van der Waals surface area contributed by atoms with E-state index in [1.165, 1.54) is 30.1 Å². The fourth-order valence-corrected chi connectivity index (χ4v) is 12.4. The number of hydrogen-bond acceptors (Lipinski definition) is 16. The molecule has 5 rings (SSSR count). The van der Waals surface area contributed by atoms with Crippen LogP contribution in [-0.2, 0) is 33.7 Å². The van der Waals surface area contributed by atoms with Crippen LogP contribution in [0, 0.1) is 17.2 Å². The minimum atomic E-state index is -4.47. The molecule has 0 aromatic carbocycles. The minimum Gasteiger partial charge on any atom is -0.351 e. The van der Waals surface area contributed by atoms with Crippen LogP contribution in [0.4, 0.5) is 5.82 Å². The van der Waals surface area contributed by atoms with Gasteiger partial charge in [0, 0.05) is 52.6 Å². The van der Waals surface area contributed by atoms with Crippen LogP contribution in [0.3, 0.4) is 0 Å². The maximum Gasteiger partial charge on any atom is 0.267 e. The van der Waals surface area contributed by atoms with Crippen LogP contribution in [0.1, 0.15) is 102 Å². The summed E-state index contributed by atoms with van der Waals surface area (Å²) in [5.41, 5.74) is 0.176. The second-order valence-corrected chi connectivity index (χ2v) is 19.0. The molecule has 0 radical (unpaired) electrons. The maximum absolute atomic E-state index is 14.0. The van der Waals surface area contributed by atoms with E-state index < -0.39 is 55.4 Å². The van der Waals surface area contributed by atoms with Crippen LogP contribution in [-0.4, -0.2) is 101 Å². The van der Waals surface area contributed by atoms with Gasteiger partial charge in [-0.25, -0.2) is 15.2 Å². The third-order valence-electron chi connectivity index (χ3n) is 11.0. The van der Waals surface area contributed by atoms with Crippen LogP contribution < -0.4 is 5.32 Å². The lowest BCUT2D eigenvalue weighted by atomic mass is 9.83. The molecule has 298 valence electrons. The Kier molecular flexibility index (Phi) is 16.3. The normalized spacial score (nSPS) is 33.2. The third-order valence-corrected chi connectivity index (χ3v) is 14.7. The van der Waals surface area contributed by atoms with E-state index in [0.29, 0.717) is 43.8 Å². The van der Waals surface area contributed by atoms with E-state index in [9.17, 15) is 23.0 Å². The quantitative estimate of drug-likeness (QED) is 0.0375. The number of nitrogens with zero attached hydrogens (tertiary/aromatic N) is 6. The molecule has 0 bridgehead atoms. The molecule has 4 fully saturated rings. The zero-order valence-electron chi connectivity index (χ0n) is 29.2. The lowest BCUT2D eigenvalue weighted by Gasteiger charge is -2.44. The number of amides is 1. The first-order valence-corrected chi connectivity index (χ1v) is 21.9. The average Bonchev–Trinajstić information content (AvgIpc) is 3.54. The third kappa shape index (κ3) is 11.2. The summed E-state index contributed by atoms with van der Waals surface area (Å²) in [5.74, 6) is -0.985. The number of halogens is 2. The van der Waals surface area contributed by atoms with Crippen molar-refractivity contribution >= 4 is 69.1 Å². The van der Waals surface area contributed by atoms with Crippen molar-refractivity contribution in [3.05, 3.63) is 11.8 Å². The number of alkyl halides is 2. The molecule has 53 heavy (non-hydrogen) atoms. The van der Waals surface area contributed by atoms with Gasteiger partial charge in [-0.15, -0.1) is 37.0 Å². The van der Waals surface area contributed by atoms with Crippen LogP contribution in [0.5, 0.6) is 0 Å². The van der Waals surface area contributed by atoms with Gasteiger partial charge >= 0.3 is 0 Å². The van der Waals surface area contributed by atoms with Gasteiger partial charge in [-0.05, 0) is 70.8 Å². The Balaban J connectivity index is 1.39. The fourth-order valence-electron chi connectivity index (χ4n) is 8.52. The van der Waals surface area contributed by atoms with Crippen molar-refractivity contribution < 1.29 is 47.0 Å². The van der Waals surface area contributed by atoms with Crippen molar-refractivity contribution in [2.45, 2.75) is 147 Å². The molecule has 0 spiro atoms. The molecule has 4 aliphatic rings. The smallest absolute Gasteiger partial charge is 0.267 e. The number of azo groups is 1. The highest BCUT2D eigenvalue weighted by atomic mass is 35.5. The highest BCUT2D eigenvalue weighted by Crippen LogP contribution is 2.43. The monoisotopic (exact) mass is 843 g/mol. The first-order valence-electron chi connectivity index (χ1n) is 17.9. The minimum absolute atomic E-state index is 0.0123. The SMILES string of the molecule is CCN(C1CCCCC1)C1CCC(N=Nc2c(C#N)cnn2C2C(Cl)CC(SOOO)CC2Cl)C(NC(=O)C2CC(SOOO)CC(S(=O)(=O)O)C2)C1. The van der Waals surface area contributed by atoms with Gasteiger partial charge in [0.05, 0.1) is 40.3 Å². The number of hydrogen-bond donors (Lipinski definition) is 4. The summed E-state index contributed by atoms with van der Waals surface area (Å²) in [6.45, 7) is 3.01. The van der Waals surface area contributed by atoms with Crippen molar-refractivity contribution in [1.29, 1.82) is 5.26 Å². The van der Waals surface area contributed by atoms with E-state index in [4.69, 9.17) is 38.8 Å². The van der Waals surface area contributed by atoms with E-state index in [2.05, 4.69) is 52.2 Å². The molecule has 1 aromatic rings. The second kappa shape index (κ2) is 20.2. The molecular weight excluding hydrogens is 797 g/mol. The molecular formula is C31H47Cl2N7O10S3. The molecule has 1 amide bonds. The lowest BCUT2D eigenvalue weighted by Crippen LogP contribution is -2.55. The van der Waals surface area contributed by atoms with Crippen LogP contribution in [0.2, 0.25) is 0 Å². The molecule has 8 unspecified atom stereocenters. The molecule has 0 saturated heterocycles. The first-order chi connectivity index (χ1) is 25.5. The molecule has 8 atom stereocenters. The fraction of sp³-hybridized carbons (Fsp3) is 0.839. The number of carbonyl (C=O) groups is 1. The van der Waals surface area contributed by atoms with Crippen LogP contribution >= 0.6 is 47.3 Å². The van der Waals surface area contributed by atoms with E-state index in [-0.39, 0.29) is 47.8 Å². The highest BCUT2D eigenvalue weighted by molar-refractivity contribution is 7.95. The van der Waals surface area contributed by atoms with E-state index in [1.54, 1.807) is 0 Å². The molecule has 4 aliphatic carbocycles. The molecule has 22 heteroatoms. The number of aromatic nitrogens is 2. The summed E-state index contributed by atoms with van der Waals surface area (Å²) in [5, 5.41) is 48.6. The van der Waals surface area contributed by atoms with E-state index in [0.717, 1.165) is 37.8 Å². The zero-order valence-corrected chi connectivity index (χ0v) is 33.2. The number of rotatable bonds is 15. The van der Waals surface area contributed by atoms with Gasteiger partial charge in [0.15, 0.2) is 5.82 Å². The Labute approximate surface area is 327 Å². The summed E-state index contributed by atoms with van der Waals surface area (Å²) in [7, 11) is -4.47. The predicted molar refractivity (Wildman–Crippen MR) is 197 cm³/mol. The van der Waals surface area contributed by atoms with Gasteiger partial charge < -0.3 is 5.32 Å². The summed E-state index contributed by atoms with van der Waals surface area (Å²) >= 11 is 15.2. The van der Waals surface area contributed by atoms with Gasteiger partial charge in [-0.1, -0.05) is 36.3 Å². The Morgan fingerprint density at radius 2 is 1.68 bits per heavy atom. The average molecular weight is 845 g/mol. The maximum atomic E-state index is 14.0. The number of nitriles is 1. The number of nitrogens with one attached hydrogen (secondary N) is 1. The van der Waals surface area contributed by atoms with Crippen molar-refractivity contribution in [2.24, 2.45) is 16.1 Å². The molecule has 1 heterocycles. The summed E-state index contributed by atoms with van der Waals surface area (Å²) in [6.07, 6.45) is 10.2. The van der Waals surface area contributed by atoms with Crippen LogP contribution in [0.15, 0.2) is 16.4 Å². The predicted octanol–water partition coefficient (Wildman–Crippen LogP) is 6.38. The molecule has 4 saturated carbocycles. The summed E-state index contributed by atoms with van der Waals surface area (Å²) in [4.78, 5) is 16.5. The second-order valence-electron chi connectivity index (χ2n) is 14.2. The Morgan fingerprint density at radius 1 is 1.02 bits per heavy atom. The van der Waals surface area contributed by atoms with Gasteiger partial charge in [-0.3, -0.25) is 14.2 Å². The molecule has 1 aromatic heterocycles. The van der Waals surface area contributed by atoms with Crippen LogP contribution in [0.25, 0.3) is 0 Å². The lowest BCUT2D eigenvalue weighted by molar-refractivity contribution is -0.432. The van der Waals surface area contributed by atoms with E-state index in [1.807, 2.05) is 0 Å². The molecule has 0 aliphatic heterocycles. The summed E-state index contributed by atoms with van der Waals surface area (Å²) in [6, 6.07) is 1.21. The largest absolute Gasteiger partial charge is 0.351 e. The van der Waals surface area contributed by atoms with Gasteiger partial charge in [0.2, 0.25) is 5.91 Å². The highest BCUT2D eigenvalue weighted by Gasteiger charge is 2.43. The molecule has 17 nitrogen and oxygen atoms in total. The zero-order chi connectivity index (χ0) is 38.1. The Morgan fingerprint density at radius 3 is 2.28 bits per heavy atom. The van der Waals surface area contributed by atoms with Crippen molar-refractivity contribution in [3.63, 3.8) is 0 Å². The van der Waals surface area contributed by atoms with Gasteiger partial charge in [-0.2, -0.15) is 23.9 Å².